The number of rotatable bonds is 6. The fourth-order valence-electron chi connectivity index (χ4n) is 4.79. The molecule has 1 aliphatic heterocycles. The van der Waals surface area contributed by atoms with E-state index in [0.29, 0.717) is 49.6 Å². The molecule has 3 N–H and O–H groups in total. The smallest absolute Gasteiger partial charge is 0.294 e. The van der Waals surface area contributed by atoms with Crippen molar-refractivity contribution in [3.05, 3.63) is 46.9 Å². The molecule has 0 spiro atoms. The molecule has 1 aliphatic carbocycles. The highest BCUT2D eigenvalue weighted by atomic mass is 35.5. The van der Waals surface area contributed by atoms with Crippen LogP contribution in [0.1, 0.15) is 41.9 Å². The first kappa shape index (κ1) is 25.1. The lowest BCUT2D eigenvalue weighted by Crippen LogP contribution is -2.49. The van der Waals surface area contributed by atoms with Crippen LogP contribution >= 0.6 is 11.6 Å². The van der Waals surface area contributed by atoms with Gasteiger partial charge in [0.05, 0.1) is 23.9 Å². The maximum absolute atomic E-state index is 13.3. The number of nitrogens with one attached hydrogen (secondary N) is 2. The van der Waals surface area contributed by atoms with Gasteiger partial charge in [-0.25, -0.2) is 9.97 Å². The number of halogens is 1. The van der Waals surface area contributed by atoms with E-state index in [1.54, 1.807) is 24.3 Å². The highest BCUT2D eigenvalue weighted by Gasteiger charge is 2.34. The summed E-state index contributed by atoms with van der Waals surface area (Å²) >= 11 is 5.87. The number of aliphatic hydroxyl groups is 1. The highest BCUT2D eigenvalue weighted by Crippen LogP contribution is 2.34. The van der Waals surface area contributed by atoms with Crippen LogP contribution in [0.15, 0.2) is 34.9 Å². The van der Waals surface area contributed by atoms with E-state index in [1.807, 2.05) is 4.90 Å². The Labute approximate surface area is 217 Å². The first-order valence-electron chi connectivity index (χ1n) is 12.1. The summed E-state index contributed by atoms with van der Waals surface area (Å²) in [4.78, 5) is 48.9. The molecular formula is C25H26ClN5O6. The Kier molecular flexibility index (Phi) is 7.36. The van der Waals surface area contributed by atoms with E-state index in [-0.39, 0.29) is 65.4 Å². The second-order valence-corrected chi connectivity index (χ2v) is 9.50. The summed E-state index contributed by atoms with van der Waals surface area (Å²) in [6, 6.07) is 6.39. The van der Waals surface area contributed by atoms with Crippen LogP contribution in [0.25, 0.3) is 11.1 Å². The third kappa shape index (κ3) is 5.43. The molecule has 11 nitrogen and oxygen atoms in total. The number of carbonyl (C=O) groups is 3. The zero-order chi connectivity index (χ0) is 25.9. The Morgan fingerprint density at radius 1 is 1.14 bits per heavy atom. The van der Waals surface area contributed by atoms with E-state index in [0.717, 1.165) is 0 Å². The molecule has 0 unspecified atom stereocenters. The Hall–Kier alpha value is -3.54. The number of aromatic nitrogens is 2. The van der Waals surface area contributed by atoms with Crippen molar-refractivity contribution in [2.75, 3.05) is 30.4 Å². The summed E-state index contributed by atoms with van der Waals surface area (Å²) < 4.78 is 11.0. The standard InChI is InChI=1S/C25H26ClN5O6/c26-15-3-8-19(27-11-15)29-25(35)23-22(21-18(37-23)7-4-16(12-32)28-21)30-24(34)14-1-5-17(6-2-14)31-9-10-36-13-20(31)33/h3-4,7-8,11,14,17,32H,1-2,5-6,9-10,12-13H2,(H,30,34)(H,27,29,35)/t14-,17-. The van der Waals surface area contributed by atoms with Crippen molar-refractivity contribution in [3.63, 3.8) is 0 Å². The van der Waals surface area contributed by atoms with Gasteiger partial charge < -0.3 is 29.8 Å². The second kappa shape index (κ2) is 10.8. The molecule has 0 aromatic carbocycles. The van der Waals surface area contributed by atoms with Crippen LogP contribution in [0.2, 0.25) is 5.02 Å². The van der Waals surface area contributed by atoms with Crippen LogP contribution < -0.4 is 10.6 Å². The van der Waals surface area contributed by atoms with Gasteiger partial charge in [0, 0.05) is 24.7 Å². The van der Waals surface area contributed by atoms with E-state index in [2.05, 4.69) is 20.6 Å². The number of anilines is 2. The van der Waals surface area contributed by atoms with E-state index in [1.165, 1.54) is 6.20 Å². The maximum atomic E-state index is 13.3. The van der Waals surface area contributed by atoms with Gasteiger partial charge in [0.15, 0.2) is 5.58 Å². The van der Waals surface area contributed by atoms with Gasteiger partial charge >= 0.3 is 0 Å². The van der Waals surface area contributed by atoms with Crippen molar-refractivity contribution in [2.24, 2.45) is 5.92 Å². The Morgan fingerprint density at radius 3 is 2.65 bits per heavy atom. The van der Waals surface area contributed by atoms with E-state index in [4.69, 9.17) is 20.8 Å². The van der Waals surface area contributed by atoms with E-state index >= 15 is 0 Å². The molecule has 4 heterocycles. The van der Waals surface area contributed by atoms with Gasteiger partial charge in [-0.15, -0.1) is 0 Å². The fourth-order valence-corrected chi connectivity index (χ4v) is 4.91. The average molecular weight is 528 g/mol. The minimum absolute atomic E-state index is 0.0133. The highest BCUT2D eigenvalue weighted by molar-refractivity contribution is 6.30. The average Bonchev–Trinajstić information content (AvgIpc) is 3.28. The quantitative estimate of drug-likeness (QED) is 0.443. The minimum Gasteiger partial charge on any atom is -0.447 e. The lowest BCUT2D eigenvalue weighted by atomic mass is 9.84. The third-order valence-electron chi connectivity index (χ3n) is 6.71. The zero-order valence-electron chi connectivity index (χ0n) is 19.9. The minimum atomic E-state index is -0.622. The number of hydrogen-bond acceptors (Lipinski definition) is 8. The lowest BCUT2D eigenvalue weighted by Gasteiger charge is -2.38. The molecule has 3 amide bonds. The zero-order valence-corrected chi connectivity index (χ0v) is 20.7. The van der Waals surface area contributed by atoms with Crippen LogP contribution in [0.3, 0.4) is 0 Å². The summed E-state index contributed by atoms with van der Waals surface area (Å²) in [6.45, 7) is 0.891. The van der Waals surface area contributed by atoms with Gasteiger partial charge in [0.2, 0.25) is 17.6 Å². The van der Waals surface area contributed by atoms with E-state index in [9.17, 15) is 19.5 Å². The lowest BCUT2D eigenvalue weighted by molar-refractivity contribution is -0.146. The second-order valence-electron chi connectivity index (χ2n) is 9.06. The summed E-state index contributed by atoms with van der Waals surface area (Å²) in [5, 5.41) is 15.5. The molecule has 1 saturated heterocycles. The SMILES string of the molecule is O=C(Nc1ccc(Cl)cn1)c1oc2ccc(CO)nc2c1NC(=O)[C@H]1CC[C@H](N2CCOCC2=O)CC1. The van der Waals surface area contributed by atoms with Crippen LogP contribution in [0.5, 0.6) is 0 Å². The molecule has 3 aromatic rings. The van der Waals surface area contributed by atoms with Gasteiger partial charge in [0.25, 0.3) is 5.91 Å². The van der Waals surface area contributed by atoms with E-state index < -0.39 is 5.91 Å². The van der Waals surface area contributed by atoms with Gasteiger partial charge in [-0.3, -0.25) is 14.4 Å². The molecular weight excluding hydrogens is 502 g/mol. The number of morpholine rings is 1. The Balaban J connectivity index is 1.34. The van der Waals surface area contributed by atoms with Crippen LogP contribution in [-0.4, -0.2) is 63.5 Å². The fraction of sp³-hybridized carbons (Fsp3) is 0.400. The van der Waals surface area contributed by atoms with Crippen molar-refractivity contribution in [1.29, 1.82) is 0 Å². The number of pyridine rings is 2. The number of carbonyl (C=O) groups excluding carboxylic acids is 3. The summed E-state index contributed by atoms with van der Waals surface area (Å²) in [5.74, 6) is -1.07. The number of hydrogen-bond donors (Lipinski definition) is 3. The molecule has 0 bridgehead atoms. The number of amides is 3. The largest absolute Gasteiger partial charge is 0.447 e. The Bertz CT molecular complexity index is 1320. The Morgan fingerprint density at radius 2 is 1.95 bits per heavy atom. The summed E-state index contributed by atoms with van der Waals surface area (Å²) in [7, 11) is 0. The monoisotopic (exact) mass is 527 g/mol. The first-order valence-corrected chi connectivity index (χ1v) is 12.4. The normalized spacial score (nSPS) is 20.2. The predicted molar refractivity (Wildman–Crippen MR) is 134 cm³/mol. The van der Waals surface area contributed by atoms with Crippen molar-refractivity contribution in [1.82, 2.24) is 14.9 Å². The molecule has 2 aliphatic rings. The molecule has 2 fully saturated rings. The van der Waals surface area contributed by atoms with Crippen molar-refractivity contribution >= 4 is 51.9 Å². The van der Waals surface area contributed by atoms with Gasteiger partial charge in [-0.05, 0) is 49.9 Å². The van der Waals surface area contributed by atoms with Gasteiger partial charge in [-0.2, -0.15) is 0 Å². The number of fused-ring (bicyclic) bond motifs is 1. The van der Waals surface area contributed by atoms with Gasteiger partial charge in [-0.1, -0.05) is 11.6 Å². The van der Waals surface area contributed by atoms with Gasteiger partial charge in [0.1, 0.15) is 23.6 Å². The van der Waals surface area contributed by atoms with Crippen LogP contribution in [0, 0.1) is 5.92 Å². The molecule has 0 radical (unpaired) electrons. The summed E-state index contributed by atoms with van der Waals surface area (Å²) in [6.07, 6.45) is 4.01. The number of aliphatic hydroxyl groups excluding tert-OH is 1. The molecule has 37 heavy (non-hydrogen) atoms. The molecule has 1 saturated carbocycles. The molecule has 0 atom stereocenters. The number of ether oxygens (including phenoxy) is 1. The van der Waals surface area contributed by atoms with Crippen LogP contribution in [-0.2, 0) is 20.9 Å². The molecule has 12 heteroatoms. The topological polar surface area (TPSA) is 147 Å². The molecule has 3 aromatic heterocycles. The maximum Gasteiger partial charge on any atom is 0.294 e. The number of nitrogens with zero attached hydrogens (tertiary/aromatic N) is 3. The molecule has 5 rings (SSSR count). The van der Waals surface area contributed by atoms with Crippen molar-refractivity contribution in [2.45, 2.75) is 38.3 Å². The van der Waals surface area contributed by atoms with Crippen molar-refractivity contribution < 1.29 is 28.6 Å². The van der Waals surface area contributed by atoms with Crippen molar-refractivity contribution in [3.8, 4) is 0 Å². The van der Waals surface area contributed by atoms with Crippen LogP contribution in [0.4, 0.5) is 11.5 Å². The number of furan rings is 1. The predicted octanol–water partition coefficient (Wildman–Crippen LogP) is 2.98. The third-order valence-corrected chi connectivity index (χ3v) is 6.93. The first-order chi connectivity index (χ1) is 17.9. The molecule has 194 valence electrons. The summed E-state index contributed by atoms with van der Waals surface area (Å²) in [5.41, 5.74) is 1.05.